The van der Waals surface area contributed by atoms with Crippen molar-refractivity contribution in [3.8, 4) is 5.75 Å². The molecule has 2 aromatic carbocycles. The van der Waals surface area contributed by atoms with E-state index in [4.69, 9.17) is 0 Å². The number of carbonyl (C=O) groups excluding carboxylic acids is 2. The molecule has 4 N–H and O–H groups in total. The molecule has 0 spiro atoms. The Morgan fingerprint density at radius 3 is 2.33 bits per heavy atom. The summed E-state index contributed by atoms with van der Waals surface area (Å²) in [7, 11) is 0. The Kier molecular flexibility index (Phi) is 7.40. The van der Waals surface area contributed by atoms with E-state index in [2.05, 4.69) is 5.32 Å². The van der Waals surface area contributed by atoms with Gasteiger partial charge in [0, 0.05) is 11.1 Å². The number of carboxylic acid groups (broad SMARTS) is 1. The van der Waals surface area contributed by atoms with Gasteiger partial charge >= 0.3 is 5.97 Å². The van der Waals surface area contributed by atoms with Gasteiger partial charge in [-0.05, 0) is 43.5 Å². The molecule has 1 saturated heterocycles. The Morgan fingerprint density at radius 1 is 1.14 bits per heavy atom. The maximum Gasteiger partial charge on any atom is 0.327 e. The summed E-state index contributed by atoms with van der Waals surface area (Å²) in [6, 6.07) is 8.45. The van der Waals surface area contributed by atoms with Gasteiger partial charge in [-0.25, -0.2) is 13.6 Å². The van der Waals surface area contributed by atoms with Crippen molar-refractivity contribution in [1.82, 2.24) is 10.2 Å². The lowest BCUT2D eigenvalue weighted by Gasteiger charge is -2.32. The van der Waals surface area contributed by atoms with E-state index in [1.807, 2.05) is 0 Å². The maximum absolute atomic E-state index is 14.7. The van der Waals surface area contributed by atoms with Crippen molar-refractivity contribution in [2.24, 2.45) is 5.41 Å². The minimum atomic E-state index is -3.51. The van der Waals surface area contributed by atoms with Gasteiger partial charge in [0.15, 0.2) is 6.10 Å². The number of alkyl halides is 2. The van der Waals surface area contributed by atoms with Crippen LogP contribution in [0.1, 0.15) is 40.9 Å². The number of phenols is 1. The Balaban J connectivity index is 1.95. The zero-order valence-corrected chi connectivity index (χ0v) is 20.5. The predicted octanol–water partition coefficient (Wildman–Crippen LogP) is 2.67. The number of hydrogen-bond acceptors (Lipinski definition) is 5. The molecule has 194 valence electrons. The monoisotopic (exact) mass is 504 g/mol. The van der Waals surface area contributed by atoms with Gasteiger partial charge in [-0.1, -0.05) is 44.2 Å². The summed E-state index contributed by atoms with van der Waals surface area (Å²) in [6.45, 7) is 4.15. The number of aliphatic hydroxyl groups is 1. The molecule has 1 heterocycles. The molecule has 1 unspecified atom stereocenters. The van der Waals surface area contributed by atoms with E-state index < -0.39 is 53.9 Å². The predicted molar refractivity (Wildman–Crippen MR) is 127 cm³/mol. The van der Waals surface area contributed by atoms with Gasteiger partial charge in [-0.2, -0.15) is 0 Å². The normalized spacial score (nSPS) is 20.0. The molecule has 0 aliphatic carbocycles. The van der Waals surface area contributed by atoms with Crippen molar-refractivity contribution in [2.75, 3.05) is 6.54 Å². The van der Waals surface area contributed by atoms with Crippen LogP contribution in [0.15, 0.2) is 42.5 Å². The van der Waals surface area contributed by atoms with Crippen LogP contribution < -0.4 is 5.32 Å². The van der Waals surface area contributed by atoms with Crippen LogP contribution in [0.4, 0.5) is 8.78 Å². The van der Waals surface area contributed by atoms with Crippen LogP contribution in [-0.4, -0.2) is 68.7 Å². The summed E-state index contributed by atoms with van der Waals surface area (Å²) in [5.74, 6) is -7.16. The van der Waals surface area contributed by atoms with E-state index in [1.54, 1.807) is 37.3 Å². The van der Waals surface area contributed by atoms with Crippen LogP contribution in [0.5, 0.6) is 5.75 Å². The lowest BCUT2D eigenvalue weighted by molar-refractivity contribution is -0.156. The zero-order valence-electron chi connectivity index (χ0n) is 20.5. The number of carboxylic acids is 1. The molecule has 1 fully saturated rings. The number of rotatable bonds is 7. The van der Waals surface area contributed by atoms with E-state index >= 15 is 0 Å². The van der Waals surface area contributed by atoms with E-state index in [0.29, 0.717) is 16.0 Å². The van der Waals surface area contributed by atoms with Gasteiger partial charge in [0.25, 0.3) is 17.7 Å². The van der Waals surface area contributed by atoms with Crippen LogP contribution in [0, 0.1) is 19.3 Å². The molecule has 10 heteroatoms. The third-order valence-electron chi connectivity index (χ3n) is 6.84. The lowest BCUT2D eigenvalue weighted by Crippen LogP contribution is -2.56. The highest BCUT2D eigenvalue weighted by molar-refractivity contribution is 5.97. The second-order valence-electron chi connectivity index (χ2n) is 9.80. The average Bonchev–Trinajstić information content (AvgIpc) is 2.99. The number of aryl methyl sites for hydroxylation is 1. The smallest absolute Gasteiger partial charge is 0.327 e. The van der Waals surface area contributed by atoms with Crippen LogP contribution in [0.2, 0.25) is 0 Å². The fraction of sp³-hybridized carbons (Fsp3) is 0.423. The molecule has 1 aliphatic heterocycles. The molecular formula is C26H30F2N2O6. The first-order valence-electron chi connectivity index (χ1n) is 11.4. The van der Waals surface area contributed by atoms with Gasteiger partial charge in [0.2, 0.25) is 0 Å². The topological polar surface area (TPSA) is 127 Å². The number of nitrogens with one attached hydrogen (secondary N) is 1. The first-order chi connectivity index (χ1) is 16.7. The second kappa shape index (κ2) is 9.85. The number of aromatic hydroxyl groups is 1. The molecule has 2 aromatic rings. The number of aliphatic carboxylic acids is 1. The third kappa shape index (κ3) is 5.04. The standard InChI is InChI=1S/C26H30F2N2O6/c1-14-10-17(15(2)19(31)11-14)22(33)29-18(12-16-8-6-5-7-9-16)20(32)23(34)30-13-26(27,28)25(3,4)21(30)24(35)36/h5-11,18,20-21,31-32H,12-13H2,1-4H3,(H,29,33)(H,35,36)/t18-,20-,21?/m0/s1. The number of nitrogens with zero attached hydrogens (tertiary/aromatic N) is 1. The molecular weight excluding hydrogens is 474 g/mol. The number of amides is 2. The van der Waals surface area contributed by atoms with Gasteiger partial charge in [-0.3, -0.25) is 9.59 Å². The summed E-state index contributed by atoms with van der Waals surface area (Å²) in [5, 5.41) is 33.3. The van der Waals surface area contributed by atoms with E-state index in [-0.39, 0.29) is 23.3 Å². The van der Waals surface area contributed by atoms with Gasteiger partial charge in [0.05, 0.1) is 18.0 Å². The highest BCUT2D eigenvalue weighted by Crippen LogP contribution is 2.48. The fourth-order valence-electron chi connectivity index (χ4n) is 4.52. The zero-order chi connectivity index (χ0) is 27.0. The number of likely N-dealkylation sites (tertiary alicyclic amines) is 1. The van der Waals surface area contributed by atoms with Gasteiger partial charge < -0.3 is 25.5 Å². The minimum absolute atomic E-state index is 0.0400. The molecule has 8 nitrogen and oxygen atoms in total. The Bertz CT molecular complexity index is 1170. The molecule has 0 saturated carbocycles. The minimum Gasteiger partial charge on any atom is -0.508 e. The highest BCUT2D eigenvalue weighted by Gasteiger charge is 2.65. The molecule has 3 atom stereocenters. The van der Waals surface area contributed by atoms with Gasteiger partial charge in [0.1, 0.15) is 11.8 Å². The van der Waals surface area contributed by atoms with Crippen molar-refractivity contribution >= 4 is 17.8 Å². The quantitative estimate of drug-likeness (QED) is 0.459. The molecule has 0 radical (unpaired) electrons. The number of carbonyl (C=O) groups is 3. The first kappa shape index (κ1) is 27.1. The van der Waals surface area contributed by atoms with Crippen molar-refractivity contribution < 1.29 is 38.5 Å². The largest absolute Gasteiger partial charge is 0.508 e. The molecule has 0 bridgehead atoms. The number of aliphatic hydroxyl groups excluding tert-OH is 1. The molecule has 1 aliphatic rings. The summed E-state index contributed by atoms with van der Waals surface area (Å²) in [5.41, 5.74) is -0.444. The van der Waals surface area contributed by atoms with E-state index in [1.165, 1.54) is 19.1 Å². The van der Waals surface area contributed by atoms with E-state index in [9.17, 15) is 38.5 Å². The Hall–Kier alpha value is -3.53. The first-order valence-corrected chi connectivity index (χ1v) is 11.4. The average molecular weight is 505 g/mol. The number of phenolic OH excluding ortho intramolecular Hbond substituents is 1. The summed E-state index contributed by atoms with van der Waals surface area (Å²) < 4.78 is 29.3. The lowest BCUT2D eigenvalue weighted by atomic mass is 9.81. The third-order valence-corrected chi connectivity index (χ3v) is 6.84. The summed E-state index contributed by atoms with van der Waals surface area (Å²) in [6.07, 6.45) is -2.05. The number of halogens is 2. The molecule has 3 rings (SSSR count). The summed E-state index contributed by atoms with van der Waals surface area (Å²) in [4.78, 5) is 38.7. The molecule has 36 heavy (non-hydrogen) atoms. The molecule has 2 amide bonds. The van der Waals surface area contributed by atoms with Crippen molar-refractivity contribution in [3.63, 3.8) is 0 Å². The highest BCUT2D eigenvalue weighted by atomic mass is 19.3. The van der Waals surface area contributed by atoms with Crippen molar-refractivity contribution in [3.05, 3.63) is 64.7 Å². The Morgan fingerprint density at radius 2 is 1.75 bits per heavy atom. The van der Waals surface area contributed by atoms with Crippen molar-refractivity contribution in [2.45, 2.75) is 58.2 Å². The van der Waals surface area contributed by atoms with Crippen LogP contribution in [0.3, 0.4) is 0 Å². The van der Waals surface area contributed by atoms with Crippen LogP contribution >= 0.6 is 0 Å². The van der Waals surface area contributed by atoms with Crippen molar-refractivity contribution in [1.29, 1.82) is 0 Å². The summed E-state index contributed by atoms with van der Waals surface area (Å²) >= 11 is 0. The van der Waals surface area contributed by atoms with Crippen LogP contribution in [-0.2, 0) is 16.0 Å². The fourth-order valence-corrected chi connectivity index (χ4v) is 4.52. The second-order valence-corrected chi connectivity index (χ2v) is 9.80. The number of hydrogen-bond donors (Lipinski definition) is 4. The van der Waals surface area contributed by atoms with Crippen LogP contribution in [0.25, 0.3) is 0 Å². The number of benzene rings is 2. The Labute approximate surface area is 207 Å². The SMILES string of the molecule is Cc1cc(O)c(C)c(C(=O)N[C@@H](Cc2ccccc2)[C@H](O)C(=O)N2CC(F)(F)C(C)(C)C2C(=O)O)c1. The van der Waals surface area contributed by atoms with E-state index in [0.717, 1.165) is 13.8 Å². The van der Waals surface area contributed by atoms with Gasteiger partial charge in [-0.15, -0.1) is 0 Å². The molecule has 0 aromatic heterocycles. The maximum atomic E-state index is 14.7.